The van der Waals surface area contributed by atoms with Gasteiger partial charge in [0.15, 0.2) is 0 Å². The van der Waals surface area contributed by atoms with E-state index in [-0.39, 0.29) is 11.9 Å². The summed E-state index contributed by atoms with van der Waals surface area (Å²) < 4.78 is 0. The fourth-order valence-corrected chi connectivity index (χ4v) is 2.55. The Morgan fingerprint density at radius 2 is 2.10 bits per heavy atom. The molecule has 0 aliphatic carbocycles. The first-order valence-electron chi connectivity index (χ1n) is 6.80. The average Bonchev–Trinajstić information content (AvgIpc) is 2.46. The number of carbonyl (C=O) groups excluding carboxylic acids is 1. The SMILES string of the molecule is Cc1cccc(NC(=O)C2NCCc3ccccc32)n1. The van der Waals surface area contributed by atoms with Crippen molar-refractivity contribution in [1.82, 2.24) is 10.3 Å². The Kier molecular flexibility index (Phi) is 3.48. The molecule has 2 N–H and O–H groups in total. The summed E-state index contributed by atoms with van der Waals surface area (Å²) in [5, 5.41) is 6.15. The van der Waals surface area contributed by atoms with E-state index < -0.39 is 0 Å². The highest BCUT2D eigenvalue weighted by Gasteiger charge is 2.25. The van der Waals surface area contributed by atoms with Crippen LogP contribution in [-0.2, 0) is 11.2 Å². The molecule has 0 saturated heterocycles. The van der Waals surface area contributed by atoms with Crippen LogP contribution >= 0.6 is 0 Å². The second kappa shape index (κ2) is 5.43. The van der Waals surface area contributed by atoms with Crippen molar-refractivity contribution < 1.29 is 4.79 Å². The Morgan fingerprint density at radius 1 is 1.25 bits per heavy atom. The number of aromatic nitrogens is 1. The predicted molar refractivity (Wildman–Crippen MR) is 78.5 cm³/mol. The zero-order chi connectivity index (χ0) is 13.9. The smallest absolute Gasteiger partial charge is 0.247 e. The minimum Gasteiger partial charge on any atom is -0.309 e. The first kappa shape index (κ1) is 12.8. The molecule has 20 heavy (non-hydrogen) atoms. The van der Waals surface area contributed by atoms with Crippen LogP contribution < -0.4 is 10.6 Å². The summed E-state index contributed by atoms with van der Waals surface area (Å²) in [5.41, 5.74) is 3.19. The number of hydrogen-bond donors (Lipinski definition) is 2. The van der Waals surface area contributed by atoms with Crippen LogP contribution in [0, 0.1) is 6.92 Å². The summed E-state index contributed by atoms with van der Waals surface area (Å²) in [6.07, 6.45) is 0.961. The van der Waals surface area contributed by atoms with Crippen molar-refractivity contribution in [2.45, 2.75) is 19.4 Å². The molecule has 1 aromatic heterocycles. The lowest BCUT2D eigenvalue weighted by Crippen LogP contribution is -2.38. The lowest BCUT2D eigenvalue weighted by atomic mass is 9.94. The predicted octanol–water partition coefficient (Wildman–Crippen LogP) is 2.22. The standard InChI is InChI=1S/C16H17N3O/c1-11-5-4-8-14(18-11)19-16(20)15-13-7-3-2-6-12(13)9-10-17-15/h2-8,15,17H,9-10H2,1H3,(H,18,19,20). The Bertz CT molecular complexity index is 639. The molecule has 1 amide bonds. The number of rotatable bonds is 2. The molecule has 1 unspecified atom stereocenters. The molecule has 2 heterocycles. The fourth-order valence-electron chi connectivity index (χ4n) is 2.55. The van der Waals surface area contributed by atoms with Gasteiger partial charge in [-0.1, -0.05) is 30.3 Å². The highest BCUT2D eigenvalue weighted by atomic mass is 16.2. The minimum absolute atomic E-state index is 0.0600. The first-order valence-corrected chi connectivity index (χ1v) is 6.80. The Hall–Kier alpha value is -2.20. The van der Waals surface area contributed by atoms with Crippen LogP contribution in [-0.4, -0.2) is 17.4 Å². The summed E-state index contributed by atoms with van der Waals surface area (Å²) in [6.45, 7) is 2.72. The number of benzene rings is 1. The molecular formula is C16H17N3O. The molecular weight excluding hydrogens is 250 g/mol. The fraction of sp³-hybridized carbons (Fsp3) is 0.250. The molecule has 3 rings (SSSR count). The lowest BCUT2D eigenvalue weighted by Gasteiger charge is -2.25. The van der Waals surface area contributed by atoms with Gasteiger partial charge in [0.05, 0.1) is 0 Å². The van der Waals surface area contributed by atoms with Crippen LogP contribution in [0.5, 0.6) is 0 Å². The molecule has 1 atom stereocenters. The second-order valence-corrected chi connectivity index (χ2v) is 4.99. The highest BCUT2D eigenvalue weighted by Crippen LogP contribution is 2.23. The van der Waals surface area contributed by atoms with Crippen LogP contribution in [0.3, 0.4) is 0 Å². The maximum absolute atomic E-state index is 12.4. The van der Waals surface area contributed by atoms with E-state index in [1.165, 1.54) is 5.56 Å². The van der Waals surface area contributed by atoms with Crippen molar-refractivity contribution >= 4 is 11.7 Å². The van der Waals surface area contributed by atoms with E-state index in [1.54, 1.807) is 6.07 Å². The molecule has 0 radical (unpaired) electrons. The second-order valence-electron chi connectivity index (χ2n) is 4.99. The number of amides is 1. The van der Waals surface area contributed by atoms with Gasteiger partial charge in [-0.2, -0.15) is 0 Å². The summed E-state index contributed by atoms with van der Waals surface area (Å²) in [5.74, 6) is 0.537. The van der Waals surface area contributed by atoms with Gasteiger partial charge in [0.25, 0.3) is 0 Å². The Labute approximate surface area is 118 Å². The molecule has 4 nitrogen and oxygen atoms in total. The van der Waals surface area contributed by atoms with E-state index in [4.69, 9.17) is 0 Å². The van der Waals surface area contributed by atoms with E-state index in [0.717, 1.165) is 24.2 Å². The summed E-state index contributed by atoms with van der Waals surface area (Å²) in [7, 11) is 0. The van der Waals surface area contributed by atoms with Crippen molar-refractivity contribution in [2.24, 2.45) is 0 Å². The Balaban J connectivity index is 1.82. The number of hydrogen-bond acceptors (Lipinski definition) is 3. The number of aryl methyl sites for hydroxylation is 1. The maximum atomic E-state index is 12.4. The molecule has 0 fully saturated rings. The van der Waals surface area contributed by atoms with Gasteiger partial charge in [0.2, 0.25) is 5.91 Å². The topological polar surface area (TPSA) is 54.0 Å². The van der Waals surface area contributed by atoms with E-state index >= 15 is 0 Å². The third kappa shape index (κ3) is 2.56. The van der Waals surface area contributed by atoms with Gasteiger partial charge >= 0.3 is 0 Å². The van der Waals surface area contributed by atoms with E-state index in [9.17, 15) is 4.79 Å². The maximum Gasteiger partial charge on any atom is 0.247 e. The average molecular weight is 267 g/mol. The quantitative estimate of drug-likeness (QED) is 0.877. The lowest BCUT2D eigenvalue weighted by molar-refractivity contribution is -0.118. The molecule has 1 aliphatic heterocycles. The van der Waals surface area contributed by atoms with Gasteiger partial charge in [0.1, 0.15) is 11.9 Å². The van der Waals surface area contributed by atoms with E-state index in [2.05, 4.69) is 21.7 Å². The third-order valence-corrected chi connectivity index (χ3v) is 3.51. The normalized spacial score (nSPS) is 17.4. The number of nitrogens with one attached hydrogen (secondary N) is 2. The van der Waals surface area contributed by atoms with Crippen LogP contribution in [0.25, 0.3) is 0 Å². The van der Waals surface area contributed by atoms with Gasteiger partial charge in [-0.15, -0.1) is 0 Å². The van der Waals surface area contributed by atoms with Gasteiger partial charge < -0.3 is 10.6 Å². The molecule has 102 valence electrons. The number of fused-ring (bicyclic) bond motifs is 1. The summed E-state index contributed by atoms with van der Waals surface area (Å²) >= 11 is 0. The number of carbonyl (C=O) groups is 1. The van der Waals surface area contributed by atoms with E-state index in [0.29, 0.717) is 5.82 Å². The molecule has 0 spiro atoms. The highest BCUT2D eigenvalue weighted by molar-refractivity contribution is 5.95. The van der Waals surface area contributed by atoms with Gasteiger partial charge in [-0.3, -0.25) is 4.79 Å². The van der Waals surface area contributed by atoms with Crippen molar-refractivity contribution in [1.29, 1.82) is 0 Å². The molecule has 0 saturated carbocycles. The monoisotopic (exact) mass is 267 g/mol. The van der Waals surface area contributed by atoms with Crippen LogP contribution in [0.1, 0.15) is 22.9 Å². The van der Waals surface area contributed by atoms with Crippen LogP contribution in [0.4, 0.5) is 5.82 Å². The van der Waals surface area contributed by atoms with Gasteiger partial charge in [-0.25, -0.2) is 4.98 Å². The zero-order valence-corrected chi connectivity index (χ0v) is 11.4. The number of pyridine rings is 1. The molecule has 1 aliphatic rings. The van der Waals surface area contributed by atoms with Gasteiger partial charge in [-0.05, 0) is 36.6 Å². The minimum atomic E-state index is -0.303. The van der Waals surface area contributed by atoms with Gasteiger partial charge in [0, 0.05) is 12.2 Å². The van der Waals surface area contributed by atoms with Crippen molar-refractivity contribution in [3.63, 3.8) is 0 Å². The molecule has 4 heteroatoms. The van der Waals surface area contributed by atoms with E-state index in [1.807, 2.05) is 37.3 Å². The largest absolute Gasteiger partial charge is 0.309 e. The van der Waals surface area contributed by atoms with Crippen LogP contribution in [0.15, 0.2) is 42.5 Å². The van der Waals surface area contributed by atoms with Crippen molar-refractivity contribution in [2.75, 3.05) is 11.9 Å². The molecule has 1 aromatic carbocycles. The summed E-state index contributed by atoms with van der Waals surface area (Å²) in [4.78, 5) is 16.7. The molecule has 2 aromatic rings. The molecule has 0 bridgehead atoms. The zero-order valence-electron chi connectivity index (χ0n) is 11.4. The van der Waals surface area contributed by atoms with Crippen molar-refractivity contribution in [3.8, 4) is 0 Å². The van der Waals surface area contributed by atoms with Crippen LogP contribution in [0.2, 0.25) is 0 Å². The summed E-state index contributed by atoms with van der Waals surface area (Å²) in [6, 6.07) is 13.4. The number of nitrogens with zero attached hydrogens (tertiary/aromatic N) is 1. The Morgan fingerprint density at radius 3 is 2.95 bits per heavy atom. The third-order valence-electron chi connectivity index (χ3n) is 3.51. The number of anilines is 1. The first-order chi connectivity index (χ1) is 9.74. The van der Waals surface area contributed by atoms with Crippen molar-refractivity contribution in [3.05, 3.63) is 59.3 Å².